The van der Waals surface area contributed by atoms with Crippen molar-refractivity contribution in [1.82, 2.24) is 5.32 Å². The molecule has 2 aromatic rings. The third-order valence-corrected chi connectivity index (χ3v) is 5.17. The standard InChI is InChI=1S/C18H25NO/c1-12-8-9-15(10-13(12)2)18(19-3)17-11-14-6-4-5-7-16(14)20-17/h4-7,11-13,15,18-19H,8-10H2,1-3H3. The van der Waals surface area contributed by atoms with Crippen molar-refractivity contribution in [2.24, 2.45) is 17.8 Å². The summed E-state index contributed by atoms with van der Waals surface area (Å²) in [6.07, 6.45) is 3.93. The molecule has 1 N–H and O–H groups in total. The number of fused-ring (bicyclic) bond motifs is 1. The first-order valence-electron chi connectivity index (χ1n) is 7.84. The highest BCUT2D eigenvalue weighted by atomic mass is 16.3. The van der Waals surface area contributed by atoms with Crippen LogP contribution in [0.2, 0.25) is 0 Å². The maximum absolute atomic E-state index is 6.07. The normalized spacial score (nSPS) is 28.6. The average Bonchev–Trinajstić information content (AvgIpc) is 2.87. The van der Waals surface area contributed by atoms with Gasteiger partial charge < -0.3 is 9.73 Å². The van der Waals surface area contributed by atoms with Gasteiger partial charge in [-0.3, -0.25) is 0 Å². The van der Waals surface area contributed by atoms with Crippen LogP contribution in [0.4, 0.5) is 0 Å². The number of benzene rings is 1. The molecule has 1 aliphatic rings. The summed E-state index contributed by atoms with van der Waals surface area (Å²) in [7, 11) is 2.06. The van der Waals surface area contributed by atoms with Crippen molar-refractivity contribution in [2.75, 3.05) is 7.05 Å². The molecule has 0 radical (unpaired) electrons. The lowest BCUT2D eigenvalue weighted by molar-refractivity contribution is 0.165. The number of rotatable bonds is 3. The first-order valence-corrected chi connectivity index (χ1v) is 7.84. The fourth-order valence-electron chi connectivity index (χ4n) is 3.66. The zero-order valence-corrected chi connectivity index (χ0v) is 12.7. The number of hydrogen-bond acceptors (Lipinski definition) is 2. The summed E-state index contributed by atoms with van der Waals surface area (Å²) in [5.41, 5.74) is 1.000. The zero-order chi connectivity index (χ0) is 14.1. The maximum atomic E-state index is 6.07. The second-order valence-corrected chi connectivity index (χ2v) is 6.48. The van der Waals surface area contributed by atoms with Crippen LogP contribution in [0.15, 0.2) is 34.7 Å². The summed E-state index contributed by atoms with van der Waals surface area (Å²) in [4.78, 5) is 0. The van der Waals surface area contributed by atoms with E-state index in [0.717, 1.165) is 23.2 Å². The number of para-hydroxylation sites is 1. The van der Waals surface area contributed by atoms with Crippen LogP contribution in [0.3, 0.4) is 0 Å². The van der Waals surface area contributed by atoms with Gasteiger partial charge in [-0.05, 0) is 49.8 Å². The molecule has 4 unspecified atom stereocenters. The lowest BCUT2D eigenvalue weighted by atomic mass is 9.73. The highest BCUT2D eigenvalue weighted by molar-refractivity contribution is 5.77. The molecule has 20 heavy (non-hydrogen) atoms. The van der Waals surface area contributed by atoms with Gasteiger partial charge in [-0.2, -0.15) is 0 Å². The Kier molecular flexibility index (Phi) is 3.84. The lowest BCUT2D eigenvalue weighted by Gasteiger charge is -2.35. The Bertz CT molecular complexity index is 541. The molecule has 1 aromatic carbocycles. The van der Waals surface area contributed by atoms with E-state index in [9.17, 15) is 0 Å². The molecule has 3 rings (SSSR count). The van der Waals surface area contributed by atoms with Crippen molar-refractivity contribution < 1.29 is 4.42 Å². The van der Waals surface area contributed by atoms with Crippen LogP contribution in [0.1, 0.15) is 44.9 Å². The minimum Gasteiger partial charge on any atom is -0.459 e. The molecule has 2 heteroatoms. The van der Waals surface area contributed by atoms with Crippen LogP contribution in [-0.4, -0.2) is 7.05 Å². The van der Waals surface area contributed by atoms with Gasteiger partial charge in [-0.1, -0.05) is 38.5 Å². The molecule has 0 saturated heterocycles. The van der Waals surface area contributed by atoms with Gasteiger partial charge in [0.2, 0.25) is 0 Å². The van der Waals surface area contributed by atoms with Gasteiger partial charge in [-0.15, -0.1) is 0 Å². The van der Waals surface area contributed by atoms with E-state index < -0.39 is 0 Å². The number of nitrogens with one attached hydrogen (secondary N) is 1. The predicted octanol–water partition coefficient (Wildman–Crippen LogP) is 4.77. The summed E-state index contributed by atoms with van der Waals surface area (Å²) < 4.78 is 6.07. The Morgan fingerprint density at radius 1 is 1.15 bits per heavy atom. The molecule has 0 bridgehead atoms. The first kappa shape index (κ1) is 13.7. The van der Waals surface area contributed by atoms with Gasteiger partial charge in [-0.25, -0.2) is 0 Å². The van der Waals surface area contributed by atoms with Crippen LogP contribution >= 0.6 is 0 Å². The molecular formula is C18H25NO. The van der Waals surface area contributed by atoms with Gasteiger partial charge in [0.1, 0.15) is 11.3 Å². The van der Waals surface area contributed by atoms with Crippen LogP contribution < -0.4 is 5.32 Å². The minimum atomic E-state index is 0.345. The second-order valence-electron chi connectivity index (χ2n) is 6.48. The second kappa shape index (κ2) is 5.61. The summed E-state index contributed by atoms with van der Waals surface area (Å²) in [5, 5.41) is 4.70. The third-order valence-electron chi connectivity index (χ3n) is 5.17. The Morgan fingerprint density at radius 3 is 2.65 bits per heavy atom. The molecule has 108 valence electrons. The van der Waals surface area contributed by atoms with E-state index in [0.29, 0.717) is 12.0 Å². The summed E-state index contributed by atoms with van der Waals surface area (Å²) >= 11 is 0. The first-order chi connectivity index (χ1) is 9.69. The van der Waals surface area contributed by atoms with E-state index in [1.807, 2.05) is 6.07 Å². The summed E-state index contributed by atoms with van der Waals surface area (Å²) in [6, 6.07) is 10.8. The average molecular weight is 271 g/mol. The fraction of sp³-hybridized carbons (Fsp3) is 0.556. The molecule has 2 nitrogen and oxygen atoms in total. The smallest absolute Gasteiger partial charge is 0.134 e. The van der Waals surface area contributed by atoms with Crippen molar-refractivity contribution in [3.05, 3.63) is 36.1 Å². The maximum Gasteiger partial charge on any atom is 0.134 e. The Hall–Kier alpha value is -1.28. The molecule has 1 saturated carbocycles. The Morgan fingerprint density at radius 2 is 1.95 bits per heavy atom. The fourth-order valence-corrected chi connectivity index (χ4v) is 3.66. The Balaban J connectivity index is 1.85. The van der Waals surface area contributed by atoms with E-state index >= 15 is 0 Å². The summed E-state index contributed by atoms with van der Waals surface area (Å²) in [6.45, 7) is 4.78. The largest absolute Gasteiger partial charge is 0.459 e. The molecule has 4 atom stereocenters. The van der Waals surface area contributed by atoms with Crippen molar-refractivity contribution >= 4 is 11.0 Å². The van der Waals surface area contributed by atoms with Crippen molar-refractivity contribution in [2.45, 2.75) is 39.2 Å². The quantitative estimate of drug-likeness (QED) is 0.870. The summed E-state index contributed by atoms with van der Waals surface area (Å²) in [5.74, 6) is 3.46. The third kappa shape index (κ3) is 2.49. The van der Waals surface area contributed by atoms with Crippen LogP contribution in [0, 0.1) is 17.8 Å². The lowest BCUT2D eigenvalue weighted by Crippen LogP contribution is -2.31. The molecule has 1 heterocycles. The molecule has 1 fully saturated rings. The van der Waals surface area contributed by atoms with Crippen molar-refractivity contribution in [3.8, 4) is 0 Å². The molecular weight excluding hydrogens is 246 g/mol. The van der Waals surface area contributed by atoms with Gasteiger partial charge in [0.25, 0.3) is 0 Å². The van der Waals surface area contributed by atoms with Gasteiger partial charge in [0.15, 0.2) is 0 Å². The SMILES string of the molecule is CNC(c1cc2ccccc2o1)C1CCC(C)C(C)C1. The van der Waals surface area contributed by atoms with E-state index in [1.54, 1.807) is 0 Å². The van der Waals surface area contributed by atoms with Gasteiger partial charge in [0.05, 0.1) is 6.04 Å². The monoisotopic (exact) mass is 271 g/mol. The van der Waals surface area contributed by atoms with E-state index in [4.69, 9.17) is 4.42 Å². The van der Waals surface area contributed by atoms with E-state index in [-0.39, 0.29) is 0 Å². The molecule has 0 amide bonds. The van der Waals surface area contributed by atoms with Gasteiger partial charge in [0, 0.05) is 5.39 Å². The number of hydrogen-bond donors (Lipinski definition) is 1. The molecule has 1 aromatic heterocycles. The highest BCUT2D eigenvalue weighted by Crippen LogP contribution is 2.40. The zero-order valence-electron chi connectivity index (χ0n) is 12.7. The number of furan rings is 1. The molecule has 0 aliphatic heterocycles. The van der Waals surface area contributed by atoms with Crippen molar-refractivity contribution in [1.29, 1.82) is 0 Å². The highest BCUT2D eigenvalue weighted by Gasteiger charge is 2.31. The van der Waals surface area contributed by atoms with Gasteiger partial charge >= 0.3 is 0 Å². The predicted molar refractivity (Wildman–Crippen MR) is 83.7 cm³/mol. The van der Waals surface area contributed by atoms with Crippen LogP contribution in [-0.2, 0) is 0 Å². The van der Waals surface area contributed by atoms with Crippen LogP contribution in [0.25, 0.3) is 11.0 Å². The van der Waals surface area contributed by atoms with E-state index in [1.165, 1.54) is 24.6 Å². The molecule has 1 aliphatic carbocycles. The topological polar surface area (TPSA) is 25.2 Å². The molecule has 0 spiro atoms. The van der Waals surface area contributed by atoms with E-state index in [2.05, 4.69) is 50.5 Å². The van der Waals surface area contributed by atoms with Crippen molar-refractivity contribution in [3.63, 3.8) is 0 Å². The Labute approximate surface area is 121 Å². The van der Waals surface area contributed by atoms with Crippen LogP contribution in [0.5, 0.6) is 0 Å². The minimum absolute atomic E-state index is 0.345.